The zero-order chi connectivity index (χ0) is 14.3. The average molecular weight is 347 g/mol. The number of hydrogen-bond donors (Lipinski definition) is 0. The summed E-state index contributed by atoms with van der Waals surface area (Å²) >= 11 is 9.59. The summed E-state index contributed by atoms with van der Waals surface area (Å²) < 4.78 is 7.19. The number of hydrogen-bond acceptors (Lipinski definition) is 2. The molecule has 1 aliphatic heterocycles. The molecule has 0 bridgehead atoms. The van der Waals surface area contributed by atoms with Crippen LogP contribution in [0.3, 0.4) is 0 Å². The Hall–Kier alpha value is -0.250. The summed E-state index contributed by atoms with van der Waals surface area (Å²) in [6.07, 6.45) is 0. The number of nitrogens with zero attached hydrogens (tertiary/aromatic N) is 1. The van der Waals surface area contributed by atoms with E-state index in [0.717, 1.165) is 23.1 Å². The summed E-state index contributed by atoms with van der Waals surface area (Å²) in [5.41, 5.74) is 2.06. The van der Waals surface area contributed by atoms with Gasteiger partial charge in [0.15, 0.2) is 0 Å². The molecule has 2 rings (SSSR count). The van der Waals surface area contributed by atoms with Crippen molar-refractivity contribution in [2.75, 3.05) is 18.0 Å². The van der Waals surface area contributed by atoms with E-state index in [-0.39, 0.29) is 11.2 Å². The third-order valence-electron chi connectivity index (χ3n) is 3.22. The zero-order valence-electron chi connectivity index (χ0n) is 12.0. The van der Waals surface area contributed by atoms with Gasteiger partial charge in [0, 0.05) is 29.1 Å². The highest BCUT2D eigenvalue weighted by molar-refractivity contribution is 9.10. The number of alkyl halides is 1. The predicted octanol–water partition coefficient (Wildman–Crippen LogP) is 4.58. The van der Waals surface area contributed by atoms with Crippen molar-refractivity contribution in [1.82, 2.24) is 0 Å². The molecule has 0 aliphatic carbocycles. The molecular weight excluding hydrogens is 326 g/mol. The van der Waals surface area contributed by atoms with Crippen molar-refractivity contribution < 1.29 is 4.74 Å². The van der Waals surface area contributed by atoms with Crippen LogP contribution in [0.25, 0.3) is 0 Å². The first-order valence-electron chi connectivity index (χ1n) is 6.52. The van der Waals surface area contributed by atoms with Crippen molar-refractivity contribution in [2.45, 2.75) is 44.8 Å². The molecule has 1 aromatic rings. The fourth-order valence-electron chi connectivity index (χ4n) is 2.93. The standard InChI is InChI=1S/C15H21BrClNO/c1-14(2)9-18(10-15(3,4)19-14)13-6-5-12(16)7-11(13)8-17/h5-7H,8-10H2,1-4H3. The third-order valence-corrected chi connectivity index (χ3v) is 4.00. The highest BCUT2D eigenvalue weighted by atomic mass is 79.9. The van der Waals surface area contributed by atoms with Crippen LogP contribution in [-0.4, -0.2) is 24.3 Å². The summed E-state index contributed by atoms with van der Waals surface area (Å²) in [5, 5.41) is 0. The Bertz CT molecular complexity index is 457. The largest absolute Gasteiger partial charge is 0.366 e. The van der Waals surface area contributed by atoms with Gasteiger partial charge in [-0.3, -0.25) is 0 Å². The second kappa shape index (κ2) is 5.27. The monoisotopic (exact) mass is 345 g/mol. The molecule has 1 fully saturated rings. The molecule has 1 heterocycles. The maximum absolute atomic E-state index is 6.13. The zero-order valence-corrected chi connectivity index (χ0v) is 14.3. The van der Waals surface area contributed by atoms with Crippen molar-refractivity contribution in [2.24, 2.45) is 0 Å². The minimum Gasteiger partial charge on any atom is -0.366 e. The van der Waals surface area contributed by atoms with Crippen LogP contribution in [0.1, 0.15) is 33.3 Å². The van der Waals surface area contributed by atoms with E-state index in [2.05, 4.69) is 66.7 Å². The van der Waals surface area contributed by atoms with Crippen LogP contribution in [0.4, 0.5) is 5.69 Å². The van der Waals surface area contributed by atoms with Gasteiger partial charge in [-0.05, 0) is 51.5 Å². The lowest BCUT2D eigenvalue weighted by Crippen LogP contribution is -2.57. The Morgan fingerprint density at radius 1 is 1.21 bits per heavy atom. The molecule has 1 aromatic carbocycles. The Morgan fingerprint density at radius 3 is 2.32 bits per heavy atom. The molecule has 106 valence electrons. The summed E-state index contributed by atoms with van der Waals surface area (Å²) in [4.78, 5) is 2.38. The Labute approximate surface area is 129 Å². The number of benzene rings is 1. The van der Waals surface area contributed by atoms with Gasteiger partial charge in [-0.2, -0.15) is 0 Å². The third kappa shape index (κ3) is 3.65. The van der Waals surface area contributed by atoms with Crippen molar-refractivity contribution in [3.05, 3.63) is 28.2 Å². The molecule has 0 radical (unpaired) electrons. The van der Waals surface area contributed by atoms with Gasteiger partial charge in [-0.25, -0.2) is 0 Å². The first-order chi connectivity index (χ1) is 8.72. The van der Waals surface area contributed by atoms with Gasteiger partial charge < -0.3 is 9.64 Å². The van der Waals surface area contributed by atoms with Crippen LogP contribution in [0.2, 0.25) is 0 Å². The van der Waals surface area contributed by atoms with E-state index in [1.165, 1.54) is 5.69 Å². The summed E-state index contributed by atoms with van der Waals surface area (Å²) in [6.45, 7) is 10.3. The lowest BCUT2D eigenvalue weighted by molar-refractivity contribution is -0.133. The van der Waals surface area contributed by atoms with Gasteiger partial charge >= 0.3 is 0 Å². The van der Waals surface area contributed by atoms with Crippen molar-refractivity contribution in [3.8, 4) is 0 Å². The number of anilines is 1. The summed E-state index contributed by atoms with van der Waals surface area (Å²) in [5.74, 6) is 0.521. The van der Waals surface area contributed by atoms with Crippen molar-refractivity contribution in [1.29, 1.82) is 0 Å². The van der Waals surface area contributed by atoms with Crippen LogP contribution in [0, 0.1) is 0 Å². The number of halogens is 2. The molecule has 0 atom stereocenters. The second-order valence-corrected chi connectivity index (χ2v) is 7.57. The molecule has 0 spiro atoms. The van der Waals surface area contributed by atoms with Crippen molar-refractivity contribution >= 4 is 33.2 Å². The summed E-state index contributed by atoms with van der Waals surface area (Å²) in [6, 6.07) is 6.30. The van der Waals surface area contributed by atoms with E-state index >= 15 is 0 Å². The minimum atomic E-state index is -0.154. The highest BCUT2D eigenvalue weighted by Crippen LogP contribution is 2.34. The van der Waals surface area contributed by atoms with E-state index in [9.17, 15) is 0 Å². The fraction of sp³-hybridized carbons (Fsp3) is 0.600. The average Bonchev–Trinajstić information content (AvgIpc) is 2.24. The first-order valence-corrected chi connectivity index (χ1v) is 7.85. The molecular formula is C15H21BrClNO. The molecule has 0 unspecified atom stereocenters. The SMILES string of the molecule is CC1(C)CN(c2ccc(Br)cc2CCl)CC(C)(C)O1. The second-order valence-electron chi connectivity index (χ2n) is 6.38. The Morgan fingerprint density at radius 2 is 1.79 bits per heavy atom. The molecule has 1 aliphatic rings. The molecule has 19 heavy (non-hydrogen) atoms. The van der Waals surface area contributed by atoms with Gasteiger partial charge in [0.25, 0.3) is 0 Å². The molecule has 0 aromatic heterocycles. The van der Waals surface area contributed by atoms with Gasteiger partial charge in [-0.1, -0.05) is 15.9 Å². The van der Waals surface area contributed by atoms with Gasteiger partial charge in [0.05, 0.1) is 11.2 Å². The van der Waals surface area contributed by atoms with E-state index in [1.807, 2.05) is 0 Å². The van der Waals surface area contributed by atoms with Gasteiger partial charge in [0.2, 0.25) is 0 Å². The van der Waals surface area contributed by atoms with Crippen LogP contribution < -0.4 is 4.90 Å². The predicted molar refractivity (Wildman–Crippen MR) is 85.2 cm³/mol. The molecule has 0 amide bonds. The molecule has 0 saturated carbocycles. The van der Waals surface area contributed by atoms with Crippen LogP contribution in [0.5, 0.6) is 0 Å². The number of morpholine rings is 1. The lowest BCUT2D eigenvalue weighted by Gasteiger charge is -2.48. The van der Waals surface area contributed by atoms with E-state index < -0.39 is 0 Å². The van der Waals surface area contributed by atoms with Gasteiger partial charge in [-0.15, -0.1) is 11.6 Å². The van der Waals surface area contributed by atoms with Gasteiger partial charge in [0.1, 0.15) is 0 Å². The minimum absolute atomic E-state index is 0.154. The van der Waals surface area contributed by atoms with Crippen LogP contribution in [-0.2, 0) is 10.6 Å². The fourth-order valence-corrected chi connectivity index (χ4v) is 3.55. The first kappa shape index (κ1) is 15.1. The maximum atomic E-state index is 6.13. The number of ether oxygens (including phenoxy) is 1. The molecule has 4 heteroatoms. The highest BCUT2D eigenvalue weighted by Gasteiger charge is 2.38. The molecule has 0 N–H and O–H groups in total. The van der Waals surface area contributed by atoms with E-state index in [1.54, 1.807) is 0 Å². The normalized spacial score (nSPS) is 21.5. The molecule has 1 saturated heterocycles. The number of rotatable bonds is 2. The topological polar surface area (TPSA) is 12.5 Å². The molecule has 2 nitrogen and oxygen atoms in total. The van der Waals surface area contributed by atoms with E-state index in [4.69, 9.17) is 16.3 Å². The Kier molecular flexibility index (Phi) is 4.20. The quantitative estimate of drug-likeness (QED) is 0.727. The van der Waals surface area contributed by atoms with Crippen LogP contribution >= 0.6 is 27.5 Å². The smallest absolute Gasteiger partial charge is 0.0808 e. The summed E-state index contributed by atoms with van der Waals surface area (Å²) in [7, 11) is 0. The maximum Gasteiger partial charge on any atom is 0.0808 e. The lowest BCUT2D eigenvalue weighted by atomic mass is 9.97. The van der Waals surface area contributed by atoms with E-state index in [0.29, 0.717) is 5.88 Å². The Balaban J connectivity index is 2.35. The van der Waals surface area contributed by atoms with Crippen molar-refractivity contribution in [3.63, 3.8) is 0 Å². The van der Waals surface area contributed by atoms with Crippen LogP contribution in [0.15, 0.2) is 22.7 Å².